The maximum absolute atomic E-state index is 12.4. The van der Waals surface area contributed by atoms with E-state index in [-0.39, 0.29) is 12.5 Å². The quantitative estimate of drug-likeness (QED) is 0.245. The number of nitrogens with two attached hydrogens (primary N) is 1. The summed E-state index contributed by atoms with van der Waals surface area (Å²) in [5.41, 5.74) is 2.75. The molecule has 3 atom stereocenters. The van der Waals surface area contributed by atoms with Gasteiger partial charge < -0.3 is 20.5 Å². The second-order valence-electron chi connectivity index (χ2n) is 6.16. The van der Waals surface area contributed by atoms with E-state index in [0.717, 1.165) is 5.56 Å². The number of aliphatic hydroxyl groups excluding tert-OH is 1. The Bertz CT molecular complexity index is 606. The van der Waals surface area contributed by atoms with Crippen molar-refractivity contribution in [2.24, 2.45) is 11.8 Å². The van der Waals surface area contributed by atoms with Crippen molar-refractivity contribution in [3.05, 3.63) is 35.9 Å². The number of alkyl carbamates (subject to hydrolysis) is 1. The number of hydrogen-bond acceptors (Lipinski definition) is 6. The van der Waals surface area contributed by atoms with Crippen molar-refractivity contribution in [1.82, 2.24) is 16.1 Å². The predicted octanol–water partition coefficient (Wildman–Crippen LogP) is -0.207. The highest BCUT2D eigenvalue weighted by Crippen LogP contribution is 2.05. The molecule has 9 heteroatoms. The molecule has 6 N–H and O–H groups in total. The molecule has 3 amide bonds. The van der Waals surface area contributed by atoms with Gasteiger partial charge in [0, 0.05) is 0 Å². The van der Waals surface area contributed by atoms with E-state index in [1.54, 1.807) is 38.1 Å². The number of amides is 3. The minimum absolute atomic E-state index is 0.0189. The fourth-order valence-electron chi connectivity index (χ4n) is 2.16. The number of ether oxygens (including phenoxy) is 1. The SMILES string of the molecule is CC(C)[C@@H](NC(=O)[C@H](NC(=O)OCc1ccccc1)[C@@H](C)O)C(=O)NN. The van der Waals surface area contributed by atoms with Gasteiger partial charge in [0.15, 0.2) is 0 Å². The van der Waals surface area contributed by atoms with Crippen molar-refractivity contribution in [3.63, 3.8) is 0 Å². The summed E-state index contributed by atoms with van der Waals surface area (Å²) in [6, 6.07) is 6.81. The molecule has 9 nitrogen and oxygen atoms in total. The Balaban J connectivity index is 2.67. The molecular weight excluding hydrogens is 340 g/mol. The molecule has 0 aliphatic heterocycles. The number of nitrogens with one attached hydrogen (secondary N) is 3. The lowest BCUT2D eigenvalue weighted by molar-refractivity contribution is -0.132. The van der Waals surface area contributed by atoms with Crippen LogP contribution in [0.1, 0.15) is 26.3 Å². The molecule has 0 aromatic heterocycles. The molecule has 0 aliphatic rings. The second kappa shape index (κ2) is 10.4. The van der Waals surface area contributed by atoms with Gasteiger partial charge in [0.2, 0.25) is 5.91 Å². The normalized spacial score (nSPS) is 14.1. The first-order chi connectivity index (χ1) is 12.3. The maximum atomic E-state index is 12.4. The monoisotopic (exact) mass is 366 g/mol. The maximum Gasteiger partial charge on any atom is 0.408 e. The summed E-state index contributed by atoms with van der Waals surface area (Å²) < 4.78 is 5.04. The molecule has 0 fully saturated rings. The van der Waals surface area contributed by atoms with Crippen LogP contribution >= 0.6 is 0 Å². The first kappa shape index (κ1) is 21.4. The molecule has 1 aromatic carbocycles. The highest BCUT2D eigenvalue weighted by atomic mass is 16.5. The molecule has 0 heterocycles. The van der Waals surface area contributed by atoms with Gasteiger partial charge in [-0.1, -0.05) is 44.2 Å². The molecule has 1 aromatic rings. The molecule has 0 aliphatic carbocycles. The van der Waals surface area contributed by atoms with E-state index >= 15 is 0 Å². The van der Waals surface area contributed by atoms with Crippen LogP contribution in [0.4, 0.5) is 4.79 Å². The third-order valence-corrected chi connectivity index (χ3v) is 3.64. The summed E-state index contributed by atoms with van der Waals surface area (Å²) in [7, 11) is 0. The summed E-state index contributed by atoms with van der Waals surface area (Å²) in [4.78, 5) is 36.0. The van der Waals surface area contributed by atoms with Gasteiger partial charge in [0.1, 0.15) is 18.7 Å². The minimum atomic E-state index is -1.29. The molecular formula is C17H26N4O5. The molecule has 0 saturated heterocycles. The van der Waals surface area contributed by atoms with E-state index in [1.165, 1.54) is 6.92 Å². The van der Waals surface area contributed by atoms with Crippen molar-refractivity contribution in [2.75, 3.05) is 0 Å². The van der Waals surface area contributed by atoms with E-state index in [4.69, 9.17) is 10.6 Å². The van der Waals surface area contributed by atoms with E-state index in [2.05, 4.69) is 10.6 Å². The third kappa shape index (κ3) is 6.69. The summed E-state index contributed by atoms with van der Waals surface area (Å²) in [5.74, 6) is 3.56. The second-order valence-corrected chi connectivity index (χ2v) is 6.16. The van der Waals surface area contributed by atoms with Crippen molar-refractivity contribution < 1.29 is 24.2 Å². The van der Waals surface area contributed by atoms with E-state index in [9.17, 15) is 19.5 Å². The molecule has 26 heavy (non-hydrogen) atoms. The smallest absolute Gasteiger partial charge is 0.408 e. The number of benzene rings is 1. The van der Waals surface area contributed by atoms with E-state index in [0.29, 0.717) is 0 Å². The van der Waals surface area contributed by atoms with Crippen molar-refractivity contribution in [3.8, 4) is 0 Å². The Morgan fingerprint density at radius 1 is 1.04 bits per heavy atom. The molecule has 0 radical (unpaired) electrons. The van der Waals surface area contributed by atoms with Gasteiger partial charge >= 0.3 is 6.09 Å². The molecule has 0 spiro atoms. The van der Waals surface area contributed by atoms with Crippen LogP contribution in [-0.2, 0) is 20.9 Å². The topological polar surface area (TPSA) is 143 Å². The first-order valence-electron chi connectivity index (χ1n) is 8.22. The number of aliphatic hydroxyl groups is 1. The largest absolute Gasteiger partial charge is 0.445 e. The zero-order valence-electron chi connectivity index (χ0n) is 15.1. The number of carbonyl (C=O) groups excluding carboxylic acids is 3. The Kier molecular flexibility index (Phi) is 8.53. The first-order valence-corrected chi connectivity index (χ1v) is 8.22. The van der Waals surface area contributed by atoms with Crippen molar-refractivity contribution >= 4 is 17.9 Å². The molecule has 0 saturated carbocycles. The lowest BCUT2D eigenvalue weighted by atomic mass is 10.0. The van der Waals surface area contributed by atoms with Gasteiger partial charge in [0.25, 0.3) is 5.91 Å². The Labute approximate surface area is 152 Å². The highest BCUT2D eigenvalue weighted by Gasteiger charge is 2.31. The number of hydrazine groups is 1. The van der Waals surface area contributed by atoms with Gasteiger partial charge in [-0.2, -0.15) is 0 Å². The lowest BCUT2D eigenvalue weighted by Gasteiger charge is -2.25. The van der Waals surface area contributed by atoms with Gasteiger partial charge in [-0.05, 0) is 18.4 Å². The summed E-state index contributed by atoms with van der Waals surface area (Å²) in [6.07, 6.45) is -2.06. The van der Waals surface area contributed by atoms with Crippen LogP contribution in [0.25, 0.3) is 0 Å². The Morgan fingerprint density at radius 2 is 1.65 bits per heavy atom. The Morgan fingerprint density at radius 3 is 2.15 bits per heavy atom. The third-order valence-electron chi connectivity index (χ3n) is 3.64. The van der Waals surface area contributed by atoms with Crippen molar-refractivity contribution in [1.29, 1.82) is 0 Å². The van der Waals surface area contributed by atoms with Crippen LogP contribution in [0.2, 0.25) is 0 Å². The van der Waals surface area contributed by atoms with Gasteiger partial charge in [0.05, 0.1) is 6.10 Å². The van der Waals surface area contributed by atoms with Gasteiger partial charge in [-0.15, -0.1) is 0 Å². The Hall–Kier alpha value is -2.65. The zero-order chi connectivity index (χ0) is 19.7. The average Bonchev–Trinajstić information content (AvgIpc) is 2.61. The van der Waals surface area contributed by atoms with Crippen LogP contribution in [0.5, 0.6) is 0 Å². The molecule has 1 rings (SSSR count). The van der Waals surface area contributed by atoms with Crippen LogP contribution in [-0.4, -0.2) is 41.2 Å². The molecule has 144 valence electrons. The molecule has 0 bridgehead atoms. The van der Waals surface area contributed by atoms with E-state index < -0.39 is 36.1 Å². The molecule has 0 unspecified atom stereocenters. The van der Waals surface area contributed by atoms with Crippen LogP contribution in [0.3, 0.4) is 0 Å². The average molecular weight is 366 g/mol. The van der Waals surface area contributed by atoms with Crippen LogP contribution < -0.4 is 21.9 Å². The predicted molar refractivity (Wildman–Crippen MR) is 94.3 cm³/mol. The van der Waals surface area contributed by atoms with Crippen LogP contribution in [0, 0.1) is 5.92 Å². The zero-order valence-corrected chi connectivity index (χ0v) is 15.1. The summed E-state index contributed by atoms with van der Waals surface area (Å²) >= 11 is 0. The minimum Gasteiger partial charge on any atom is -0.445 e. The summed E-state index contributed by atoms with van der Waals surface area (Å²) in [5, 5.41) is 14.6. The van der Waals surface area contributed by atoms with Gasteiger partial charge in [-0.3, -0.25) is 15.0 Å². The van der Waals surface area contributed by atoms with Crippen molar-refractivity contribution in [2.45, 2.75) is 45.6 Å². The number of rotatable bonds is 8. The number of hydrogen-bond donors (Lipinski definition) is 5. The standard InChI is InChI=1S/C17H26N4O5/c1-10(2)13(16(24)21-18)19-15(23)14(11(3)22)20-17(25)26-9-12-7-5-4-6-8-12/h4-8,10-11,13-14,22H,9,18H2,1-3H3,(H,19,23)(H,20,25)(H,21,24)/t11-,13-,14-/m1/s1. The number of carbonyl (C=O) groups is 3. The fourth-order valence-corrected chi connectivity index (χ4v) is 2.16. The fraction of sp³-hybridized carbons (Fsp3) is 0.471. The van der Waals surface area contributed by atoms with Crippen LogP contribution in [0.15, 0.2) is 30.3 Å². The highest BCUT2D eigenvalue weighted by molar-refractivity contribution is 5.91. The van der Waals surface area contributed by atoms with E-state index in [1.807, 2.05) is 11.5 Å². The summed E-state index contributed by atoms with van der Waals surface area (Å²) in [6.45, 7) is 4.80. The lowest BCUT2D eigenvalue weighted by Crippen LogP contribution is -2.58. The van der Waals surface area contributed by atoms with Gasteiger partial charge in [-0.25, -0.2) is 10.6 Å².